The monoisotopic (exact) mass is 404 g/mol. The first kappa shape index (κ1) is 20.9. The van der Waals surface area contributed by atoms with Gasteiger partial charge in [0.05, 0.1) is 0 Å². The molecule has 154 valence electrons. The molecule has 3 aromatic rings. The quantitative estimate of drug-likeness (QED) is 0.586. The highest BCUT2D eigenvalue weighted by atomic mass is 16.5. The van der Waals surface area contributed by atoms with Crippen LogP contribution >= 0.6 is 0 Å². The number of anilines is 2. The Balaban J connectivity index is 1.54. The van der Waals surface area contributed by atoms with Crippen LogP contribution < -0.4 is 20.1 Å². The van der Waals surface area contributed by atoms with Crippen molar-refractivity contribution in [1.82, 2.24) is 0 Å². The van der Waals surface area contributed by atoms with Crippen molar-refractivity contribution in [3.05, 3.63) is 83.9 Å². The summed E-state index contributed by atoms with van der Waals surface area (Å²) in [4.78, 5) is 24.4. The molecular weight excluding hydrogens is 380 g/mol. The third kappa shape index (κ3) is 5.85. The molecule has 0 aliphatic carbocycles. The molecule has 0 atom stereocenters. The molecule has 6 nitrogen and oxygen atoms in total. The molecule has 2 N–H and O–H groups in total. The molecule has 3 aromatic carbocycles. The van der Waals surface area contributed by atoms with Gasteiger partial charge in [-0.05, 0) is 49.2 Å². The minimum atomic E-state index is -0.281. The first-order chi connectivity index (χ1) is 14.5. The lowest BCUT2D eigenvalue weighted by atomic mass is 10.2. The van der Waals surface area contributed by atoms with Crippen molar-refractivity contribution in [3.8, 4) is 11.5 Å². The number of para-hydroxylation sites is 4. The first-order valence-corrected chi connectivity index (χ1v) is 9.58. The SMILES string of the molecule is Cc1ccccc1NC(=O)COc1ccccc1OCC(=O)Nc1ccccc1C. The van der Waals surface area contributed by atoms with Gasteiger partial charge in [-0.3, -0.25) is 9.59 Å². The summed E-state index contributed by atoms with van der Waals surface area (Å²) in [7, 11) is 0. The van der Waals surface area contributed by atoms with Crippen LogP contribution in [0.4, 0.5) is 11.4 Å². The molecule has 0 unspecified atom stereocenters. The van der Waals surface area contributed by atoms with Crippen LogP contribution in [0.15, 0.2) is 72.8 Å². The number of hydrogen-bond acceptors (Lipinski definition) is 4. The molecule has 6 heteroatoms. The largest absolute Gasteiger partial charge is 0.480 e. The Labute approximate surface area is 175 Å². The second kappa shape index (κ2) is 10.1. The van der Waals surface area contributed by atoms with E-state index in [1.165, 1.54) is 0 Å². The van der Waals surface area contributed by atoms with Crippen LogP contribution in [-0.2, 0) is 9.59 Å². The lowest BCUT2D eigenvalue weighted by Crippen LogP contribution is -2.22. The third-order valence-electron chi connectivity index (χ3n) is 4.41. The zero-order chi connectivity index (χ0) is 21.3. The van der Waals surface area contributed by atoms with Crippen molar-refractivity contribution < 1.29 is 19.1 Å². The van der Waals surface area contributed by atoms with Crippen molar-refractivity contribution >= 4 is 23.2 Å². The number of amides is 2. The number of carbonyl (C=O) groups is 2. The maximum Gasteiger partial charge on any atom is 0.262 e. The highest BCUT2D eigenvalue weighted by molar-refractivity contribution is 5.93. The van der Waals surface area contributed by atoms with Gasteiger partial charge in [-0.2, -0.15) is 0 Å². The van der Waals surface area contributed by atoms with Gasteiger partial charge in [0, 0.05) is 11.4 Å². The summed E-state index contributed by atoms with van der Waals surface area (Å²) in [5, 5.41) is 5.63. The van der Waals surface area contributed by atoms with E-state index in [0.29, 0.717) is 11.5 Å². The molecule has 0 spiro atoms. The fourth-order valence-electron chi connectivity index (χ4n) is 2.77. The highest BCUT2D eigenvalue weighted by Crippen LogP contribution is 2.26. The van der Waals surface area contributed by atoms with Crippen molar-refractivity contribution in [2.24, 2.45) is 0 Å². The fourth-order valence-corrected chi connectivity index (χ4v) is 2.77. The average Bonchev–Trinajstić information content (AvgIpc) is 2.74. The number of aryl methyl sites for hydroxylation is 2. The van der Waals surface area contributed by atoms with E-state index in [4.69, 9.17) is 9.47 Å². The predicted molar refractivity (Wildman–Crippen MR) is 117 cm³/mol. The van der Waals surface area contributed by atoms with Crippen LogP contribution in [0.3, 0.4) is 0 Å². The molecule has 0 bridgehead atoms. The molecule has 3 rings (SSSR count). The average molecular weight is 404 g/mol. The topological polar surface area (TPSA) is 76.7 Å². The Kier molecular flexibility index (Phi) is 7.05. The Bertz CT molecular complexity index is 950. The van der Waals surface area contributed by atoms with Crippen LogP contribution in [0, 0.1) is 13.8 Å². The third-order valence-corrected chi connectivity index (χ3v) is 4.41. The minimum Gasteiger partial charge on any atom is -0.480 e. The Morgan fingerprint density at radius 3 is 1.40 bits per heavy atom. The molecule has 0 aliphatic heterocycles. The van der Waals surface area contributed by atoms with E-state index in [2.05, 4.69) is 10.6 Å². The first-order valence-electron chi connectivity index (χ1n) is 9.58. The van der Waals surface area contributed by atoms with E-state index < -0.39 is 0 Å². The van der Waals surface area contributed by atoms with Crippen LogP contribution in [0.5, 0.6) is 11.5 Å². The van der Waals surface area contributed by atoms with Crippen molar-refractivity contribution in [2.45, 2.75) is 13.8 Å². The van der Waals surface area contributed by atoms with Crippen LogP contribution in [0.1, 0.15) is 11.1 Å². The Hall–Kier alpha value is -3.80. The summed E-state index contributed by atoms with van der Waals surface area (Å²) in [5.41, 5.74) is 3.41. The molecule has 0 aliphatic rings. The second-order valence-corrected chi connectivity index (χ2v) is 6.75. The molecule has 0 heterocycles. The minimum absolute atomic E-state index is 0.176. The number of benzene rings is 3. The van der Waals surface area contributed by atoms with Crippen molar-refractivity contribution in [2.75, 3.05) is 23.8 Å². The lowest BCUT2D eigenvalue weighted by Gasteiger charge is -2.13. The predicted octanol–water partition coefficient (Wildman–Crippen LogP) is 4.34. The van der Waals surface area contributed by atoms with Crippen molar-refractivity contribution in [3.63, 3.8) is 0 Å². The maximum absolute atomic E-state index is 12.2. The number of carbonyl (C=O) groups excluding carboxylic acids is 2. The van der Waals surface area contributed by atoms with E-state index in [0.717, 1.165) is 22.5 Å². The van der Waals surface area contributed by atoms with E-state index in [9.17, 15) is 9.59 Å². The summed E-state index contributed by atoms with van der Waals surface area (Å²) in [6, 6.07) is 21.9. The fraction of sp³-hybridized carbons (Fsp3) is 0.167. The van der Waals surface area contributed by atoms with E-state index in [1.54, 1.807) is 24.3 Å². The van der Waals surface area contributed by atoms with Gasteiger partial charge in [-0.1, -0.05) is 48.5 Å². The normalized spacial score (nSPS) is 10.2. The molecule has 2 amide bonds. The molecule has 0 saturated carbocycles. The molecule has 0 fully saturated rings. The van der Waals surface area contributed by atoms with Crippen LogP contribution in [-0.4, -0.2) is 25.0 Å². The van der Waals surface area contributed by atoms with Gasteiger partial charge in [-0.15, -0.1) is 0 Å². The molecule has 0 saturated heterocycles. The second-order valence-electron chi connectivity index (χ2n) is 6.75. The highest BCUT2D eigenvalue weighted by Gasteiger charge is 2.11. The van der Waals surface area contributed by atoms with Gasteiger partial charge in [0.2, 0.25) is 0 Å². The Morgan fingerprint density at radius 2 is 1.00 bits per heavy atom. The number of nitrogens with one attached hydrogen (secondary N) is 2. The van der Waals surface area contributed by atoms with Gasteiger partial charge in [0.1, 0.15) is 0 Å². The van der Waals surface area contributed by atoms with E-state index in [-0.39, 0.29) is 25.0 Å². The standard InChI is InChI=1S/C24H24N2O4/c1-17-9-3-5-11-19(17)25-23(27)15-29-21-13-7-8-14-22(21)30-16-24(28)26-20-12-6-4-10-18(20)2/h3-14H,15-16H2,1-2H3,(H,25,27)(H,26,28). The molecule has 0 aromatic heterocycles. The van der Waals surface area contributed by atoms with Gasteiger partial charge < -0.3 is 20.1 Å². The number of rotatable bonds is 8. The number of hydrogen-bond donors (Lipinski definition) is 2. The Morgan fingerprint density at radius 1 is 0.633 bits per heavy atom. The summed E-state index contributed by atoms with van der Waals surface area (Å²) in [5.74, 6) is 0.218. The van der Waals surface area contributed by atoms with Crippen LogP contribution in [0.25, 0.3) is 0 Å². The van der Waals surface area contributed by atoms with Gasteiger partial charge in [0.25, 0.3) is 11.8 Å². The zero-order valence-electron chi connectivity index (χ0n) is 17.0. The zero-order valence-corrected chi connectivity index (χ0v) is 17.0. The molecule has 0 radical (unpaired) electrons. The smallest absolute Gasteiger partial charge is 0.262 e. The van der Waals surface area contributed by atoms with E-state index >= 15 is 0 Å². The van der Waals surface area contributed by atoms with Crippen LogP contribution in [0.2, 0.25) is 0 Å². The van der Waals surface area contributed by atoms with Gasteiger partial charge in [-0.25, -0.2) is 0 Å². The van der Waals surface area contributed by atoms with E-state index in [1.807, 2.05) is 62.4 Å². The molecule has 30 heavy (non-hydrogen) atoms. The van der Waals surface area contributed by atoms with Gasteiger partial charge in [0.15, 0.2) is 24.7 Å². The number of ether oxygens (including phenoxy) is 2. The molecular formula is C24H24N2O4. The summed E-state index contributed by atoms with van der Waals surface area (Å²) >= 11 is 0. The van der Waals surface area contributed by atoms with Gasteiger partial charge >= 0.3 is 0 Å². The summed E-state index contributed by atoms with van der Waals surface area (Å²) in [6.45, 7) is 3.48. The maximum atomic E-state index is 12.2. The summed E-state index contributed by atoms with van der Waals surface area (Å²) in [6.07, 6.45) is 0. The summed E-state index contributed by atoms with van der Waals surface area (Å²) < 4.78 is 11.2. The van der Waals surface area contributed by atoms with Crippen molar-refractivity contribution in [1.29, 1.82) is 0 Å². The lowest BCUT2D eigenvalue weighted by molar-refractivity contribution is -0.119.